The van der Waals surface area contributed by atoms with Gasteiger partial charge in [-0.3, -0.25) is 14.9 Å². The number of aryl methyl sites for hydroxylation is 2. The molecule has 2 atom stereocenters. The molecule has 0 aliphatic rings. The lowest BCUT2D eigenvalue weighted by atomic mass is 9.95. The van der Waals surface area contributed by atoms with E-state index in [2.05, 4.69) is 0 Å². The number of nitro groups is 1. The van der Waals surface area contributed by atoms with Crippen molar-refractivity contribution in [2.45, 2.75) is 36.8 Å². The molecule has 0 radical (unpaired) electrons. The van der Waals surface area contributed by atoms with Crippen molar-refractivity contribution >= 4 is 34.8 Å². The highest BCUT2D eigenvalue weighted by molar-refractivity contribution is 6.19. The Morgan fingerprint density at radius 2 is 1.75 bits per heavy atom. The molecule has 0 aliphatic carbocycles. The second-order valence-corrected chi connectivity index (χ2v) is 6.11. The van der Waals surface area contributed by atoms with E-state index in [9.17, 15) is 14.9 Å². The summed E-state index contributed by atoms with van der Waals surface area (Å²) in [6, 6.07) is 3.06. The summed E-state index contributed by atoms with van der Waals surface area (Å²) in [5.74, 6) is -0.848. The number of hydrogen-bond donors (Lipinski definition) is 1. The summed E-state index contributed by atoms with van der Waals surface area (Å²) < 4.78 is 9.91. The molecule has 1 aromatic rings. The van der Waals surface area contributed by atoms with Crippen molar-refractivity contribution in [3.8, 4) is 0 Å². The zero-order chi connectivity index (χ0) is 18.3. The third kappa shape index (κ3) is 5.90. The average Bonchev–Trinajstić information content (AvgIpc) is 2.56. The molecule has 0 saturated heterocycles. The highest BCUT2D eigenvalue weighted by Gasteiger charge is 2.24. The van der Waals surface area contributed by atoms with Crippen LogP contribution in [-0.4, -0.2) is 36.2 Å². The van der Waals surface area contributed by atoms with E-state index in [0.29, 0.717) is 36.8 Å². The first-order chi connectivity index (χ1) is 11.3. The number of methoxy groups -OCH3 is 2. The van der Waals surface area contributed by atoms with Crippen LogP contribution in [0, 0.1) is 10.1 Å². The maximum absolute atomic E-state index is 11.7. The number of benzene rings is 1. The Bertz CT molecular complexity index is 597. The number of nitro benzene ring substituents is 1. The molecule has 0 heterocycles. The van der Waals surface area contributed by atoms with Gasteiger partial charge in [0, 0.05) is 20.3 Å². The van der Waals surface area contributed by atoms with Crippen LogP contribution in [0.3, 0.4) is 0 Å². The second kappa shape index (κ2) is 9.78. The fraction of sp³-hybridized carbons (Fsp3) is 0.533. The van der Waals surface area contributed by atoms with Gasteiger partial charge in [0.05, 0.1) is 4.92 Å². The molecule has 1 aromatic carbocycles. The zero-order valence-electron chi connectivity index (χ0n) is 13.5. The van der Waals surface area contributed by atoms with E-state index in [4.69, 9.17) is 38.4 Å². The summed E-state index contributed by atoms with van der Waals surface area (Å²) in [5.41, 5.74) is 5.01. The Hall–Kier alpha value is -1.41. The fourth-order valence-corrected chi connectivity index (χ4v) is 2.52. The van der Waals surface area contributed by atoms with Gasteiger partial charge < -0.3 is 15.2 Å². The molecule has 1 rings (SSSR count). The third-order valence-corrected chi connectivity index (χ3v) is 4.31. The maximum atomic E-state index is 11.7. The Morgan fingerprint density at radius 3 is 2.21 bits per heavy atom. The summed E-state index contributed by atoms with van der Waals surface area (Å²) in [6.07, 6.45) is 1.64. The van der Waals surface area contributed by atoms with Crippen LogP contribution >= 0.6 is 23.2 Å². The summed E-state index contributed by atoms with van der Waals surface area (Å²) >= 11 is 11.8. The van der Waals surface area contributed by atoms with Gasteiger partial charge in [-0.15, -0.1) is 0 Å². The largest absolute Gasteiger partial charge is 0.366 e. The standard InChI is InChI=1S/C15H20Cl2N2O5/c1-23-12(16)5-3-9-7-10(4-6-13(17)24-2)14(15(18)20)11(8-9)19(21)22/h7-8,12-13H,3-6H2,1-2H3,(H2,18,20). The highest BCUT2D eigenvalue weighted by atomic mass is 35.5. The molecular formula is C15H20Cl2N2O5. The van der Waals surface area contributed by atoms with Crippen molar-refractivity contribution in [2.75, 3.05) is 14.2 Å². The second-order valence-electron chi connectivity index (χ2n) is 5.14. The van der Waals surface area contributed by atoms with Crippen LogP contribution in [0.25, 0.3) is 0 Å². The topological polar surface area (TPSA) is 105 Å². The van der Waals surface area contributed by atoms with Gasteiger partial charge in [0.15, 0.2) is 0 Å². The van der Waals surface area contributed by atoms with E-state index in [1.54, 1.807) is 6.07 Å². The summed E-state index contributed by atoms with van der Waals surface area (Å²) in [4.78, 5) is 22.4. The van der Waals surface area contributed by atoms with Gasteiger partial charge in [0.25, 0.3) is 11.6 Å². The van der Waals surface area contributed by atoms with Crippen molar-refractivity contribution in [2.24, 2.45) is 5.73 Å². The SMILES string of the molecule is COC(Cl)CCc1cc(CCC(Cl)OC)c(C(N)=O)c([N+](=O)[O-])c1. The first-order valence-electron chi connectivity index (χ1n) is 7.23. The van der Waals surface area contributed by atoms with Gasteiger partial charge >= 0.3 is 0 Å². The van der Waals surface area contributed by atoms with Crippen LogP contribution in [0.4, 0.5) is 5.69 Å². The molecule has 7 nitrogen and oxygen atoms in total. The number of hydrogen-bond acceptors (Lipinski definition) is 5. The molecular weight excluding hydrogens is 359 g/mol. The monoisotopic (exact) mass is 378 g/mol. The fourth-order valence-electron chi connectivity index (χ4n) is 2.30. The van der Waals surface area contributed by atoms with E-state index in [0.717, 1.165) is 0 Å². The molecule has 134 valence electrons. The van der Waals surface area contributed by atoms with E-state index in [-0.39, 0.29) is 11.3 Å². The van der Waals surface area contributed by atoms with E-state index in [1.165, 1.54) is 20.3 Å². The molecule has 0 aromatic heterocycles. The molecule has 24 heavy (non-hydrogen) atoms. The predicted octanol–water partition coefficient (Wildman–Crippen LogP) is 2.98. The van der Waals surface area contributed by atoms with Gasteiger partial charge in [-0.25, -0.2) is 0 Å². The number of amides is 1. The van der Waals surface area contributed by atoms with E-state index >= 15 is 0 Å². The van der Waals surface area contributed by atoms with Crippen LogP contribution in [0.2, 0.25) is 0 Å². The Labute approximate surface area is 150 Å². The Balaban J connectivity index is 3.21. The van der Waals surface area contributed by atoms with Crippen LogP contribution in [0.1, 0.15) is 34.3 Å². The van der Waals surface area contributed by atoms with Crippen LogP contribution in [0.15, 0.2) is 12.1 Å². The Kier molecular flexibility index (Phi) is 8.41. The van der Waals surface area contributed by atoms with Gasteiger partial charge in [-0.2, -0.15) is 0 Å². The third-order valence-electron chi connectivity index (χ3n) is 3.51. The summed E-state index contributed by atoms with van der Waals surface area (Å²) in [5, 5.41) is 11.3. The number of ether oxygens (including phenoxy) is 2. The first-order valence-corrected chi connectivity index (χ1v) is 8.11. The average molecular weight is 379 g/mol. The van der Waals surface area contributed by atoms with Gasteiger partial charge in [-0.05, 0) is 36.8 Å². The first kappa shape index (κ1) is 20.6. The molecule has 0 saturated carbocycles. The minimum atomic E-state index is -0.848. The maximum Gasteiger partial charge on any atom is 0.282 e. The molecule has 9 heteroatoms. The quantitative estimate of drug-likeness (QED) is 0.382. The summed E-state index contributed by atoms with van der Waals surface area (Å²) in [7, 11) is 2.93. The van der Waals surface area contributed by atoms with Gasteiger partial charge in [-0.1, -0.05) is 29.3 Å². The normalized spacial score (nSPS) is 13.5. The number of nitrogens with zero attached hydrogens (tertiary/aromatic N) is 1. The predicted molar refractivity (Wildman–Crippen MR) is 91.6 cm³/mol. The molecule has 2 unspecified atom stereocenters. The van der Waals surface area contributed by atoms with E-state index < -0.39 is 22.0 Å². The molecule has 0 spiro atoms. The zero-order valence-corrected chi connectivity index (χ0v) is 15.0. The smallest absolute Gasteiger partial charge is 0.282 e. The number of primary amides is 1. The van der Waals surface area contributed by atoms with Crippen LogP contribution in [0.5, 0.6) is 0 Å². The Morgan fingerprint density at radius 1 is 1.21 bits per heavy atom. The number of carbonyl (C=O) groups is 1. The van der Waals surface area contributed by atoms with Crippen molar-refractivity contribution in [3.05, 3.63) is 38.9 Å². The number of rotatable bonds is 10. The highest BCUT2D eigenvalue weighted by Crippen LogP contribution is 2.27. The van der Waals surface area contributed by atoms with E-state index in [1.807, 2.05) is 0 Å². The number of nitrogens with two attached hydrogens (primary N) is 1. The van der Waals surface area contributed by atoms with Gasteiger partial charge in [0.1, 0.15) is 16.7 Å². The molecule has 1 amide bonds. The van der Waals surface area contributed by atoms with Crippen LogP contribution < -0.4 is 5.73 Å². The number of carbonyl (C=O) groups excluding carboxylic acids is 1. The van der Waals surface area contributed by atoms with Crippen LogP contribution in [-0.2, 0) is 22.3 Å². The summed E-state index contributed by atoms with van der Waals surface area (Å²) in [6.45, 7) is 0. The molecule has 0 bridgehead atoms. The van der Waals surface area contributed by atoms with Gasteiger partial charge in [0.2, 0.25) is 0 Å². The minimum Gasteiger partial charge on any atom is -0.366 e. The minimum absolute atomic E-state index is 0.0992. The van der Waals surface area contributed by atoms with Crippen molar-refractivity contribution in [1.82, 2.24) is 0 Å². The molecule has 2 N–H and O–H groups in total. The molecule has 0 aliphatic heterocycles. The lowest BCUT2D eigenvalue weighted by molar-refractivity contribution is -0.385. The number of alkyl halides is 2. The van der Waals surface area contributed by atoms with Crippen molar-refractivity contribution in [1.29, 1.82) is 0 Å². The molecule has 0 fully saturated rings. The number of halogens is 2. The van der Waals surface area contributed by atoms with Crippen molar-refractivity contribution in [3.63, 3.8) is 0 Å². The van der Waals surface area contributed by atoms with Crippen molar-refractivity contribution < 1.29 is 19.2 Å². The lowest BCUT2D eigenvalue weighted by Crippen LogP contribution is -2.18. The lowest BCUT2D eigenvalue weighted by Gasteiger charge is -2.13.